The van der Waals surface area contributed by atoms with Gasteiger partial charge in [-0.3, -0.25) is 4.79 Å². The van der Waals surface area contributed by atoms with Crippen LogP contribution < -0.4 is 11.1 Å². The molecule has 2 atom stereocenters. The number of amides is 1. The van der Waals surface area contributed by atoms with E-state index in [4.69, 9.17) is 10.8 Å². The molecule has 8 bridgehead atoms. The van der Waals surface area contributed by atoms with Crippen molar-refractivity contribution in [1.82, 2.24) is 13.9 Å². The predicted molar refractivity (Wildman–Crippen MR) is 248 cm³/mol. The second-order valence-corrected chi connectivity index (χ2v) is 26.0. The molecule has 65 heavy (non-hydrogen) atoms. The maximum absolute atomic E-state index is 12.9. The maximum atomic E-state index is 12.9. The molecule has 13 nitrogen and oxygen atoms in total. The van der Waals surface area contributed by atoms with E-state index >= 15 is 0 Å². The van der Waals surface area contributed by atoms with Crippen LogP contribution in [0.15, 0.2) is 58.3 Å². The molecule has 6 N–H and O–H groups in total. The van der Waals surface area contributed by atoms with Crippen molar-refractivity contribution in [2.24, 2.45) is 52.1 Å². The Hall–Kier alpha value is -2.92. The van der Waals surface area contributed by atoms with Gasteiger partial charge in [-0.1, -0.05) is 35.4 Å². The molecule has 0 radical (unpaired) electrons. The molecule has 8 aliphatic carbocycles. The first-order valence-electron chi connectivity index (χ1n) is 24.6. The Balaban J connectivity index is 0.000000147. The fourth-order valence-electron chi connectivity index (χ4n) is 14.5. The second kappa shape index (κ2) is 19.6. The summed E-state index contributed by atoms with van der Waals surface area (Å²) >= 11 is 0. The number of hydrogen-bond donors (Lipinski definition) is 5. The van der Waals surface area contributed by atoms with Crippen molar-refractivity contribution in [3.05, 3.63) is 59.7 Å². The number of sulfonamides is 2. The van der Waals surface area contributed by atoms with E-state index in [9.17, 15) is 36.6 Å². The number of carbonyl (C=O) groups is 2. The van der Waals surface area contributed by atoms with Gasteiger partial charge in [0.1, 0.15) is 6.10 Å². The van der Waals surface area contributed by atoms with Crippen LogP contribution >= 0.6 is 0 Å². The number of nitrogens with one attached hydrogen (secondary N) is 1. The highest BCUT2D eigenvalue weighted by Gasteiger charge is 2.53. The van der Waals surface area contributed by atoms with E-state index in [0.717, 1.165) is 59.5 Å². The van der Waals surface area contributed by atoms with Gasteiger partial charge in [0.15, 0.2) is 6.10 Å². The second-order valence-electron chi connectivity index (χ2n) is 22.2. The molecular formula is C50H74N4O9S2. The molecule has 15 heteroatoms. The summed E-state index contributed by atoms with van der Waals surface area (Å²) in [6.07, 6.45) is 16.8. The molecule has 2 aromatic rings. The first-order valence-corrected chi connectivity index (χ1v) is 27.5. The smallest absolute Gasteiger partial charge is 0.332 e. The molecule has 1 amide bonds. The average molecular weight is 939 g/mol. The van der Waals surface area contributed by atoms with E-state index in [-0.39, 0.29) is 28.8 Å². The molecule has 360 valence electrons. The monoisotopic (exact) mass is 938 g/mol. The highest BCUT2D eigenvalue weighted by atomic mass is 32.2. The Morgan fingerprint density at radius 2 is 0.923 bits per heavy atom. The van der Waals surface area contributed by atoms with E-state index in [1.54, 1.807) is 24.3 Å². The Bertz CT molecular complexity index is 2130. The number of aliphatic carboxylic acids is 1. The number of rotatable bonds is 11. The van der Waals surface area contributed by atoms with Crippen molar-refractivity contribution in [2.45, 2.75) is 164 Å². The predicted octanol–water partition coefficient (Wildman–Crippen LogP) is 6.38. The molecule has 2 heterocycles. The summed E-state index contributed by atoms with van der Waals surface area (Å²) in [4.78, 5) is 24.2. The van der Waals surface area contributed by atoms with Crippen LogP contribution in [0, 0.1) is 60.2 Å². The zero-order valence-corrected chi connectivity index (χ0v) is 40.2. The number of nitrogens with two attached hydrogens (primary N) is 1. The number of aliphatic hydroxyl groups excluding tert-OH is 2. The van der Waals surface area contributed by atoms with E-state index in [0.29, 0.717) is 61.7 Å². The topological polar surface area (TPSA) is 208 Å². The van der Waals surface area contributed by atoms with Crippen LogP contribution in [0.25, 0.3) is 0 Å². The lowest BCUT2D eigenvalue weighted by Gasteiger charge is -2.57. The maximum Gasteiger partial charge on any atom is 0.332 e. The summed E-state index contributed by atoms with van der Waals surface area (Å²) in [5.74, 6) is 3.56. The van der Waals surface area contributed by atoms with Gasteiger partial charge in [-0.2, -0.15) is 8.61 Å². The number of aliphatic hydroxyl groups is 2. The summed E-state index contributed by atoms with van der Waals surface area (Å²) < 4.78 is 53.4. The van der Waals surface area contributed by atoms with Crippen LogP contribution in [0.4, 0.5) is 0 Å². The fourth-order valence-corrected chi connectivity index (χ4v) is 17.4. The number of carboxylic acid groups (broad SMARTS) is 1. The van der Waals surface area contributed by atoms with E-state index < -0.39 is 38.2 Å². The summed E-state index contributed by atoms with van der Waals surface area (Å²) in [6.45, 7) is 5.69. The number of hydrogen-bond acceptors (Lipinski definition) is 9. The Labute approximate surface area is 387 Å². The summed E-state index contributed by atoms with van der Waals surface area (Å²) in [5, 5.41) is 32.2. The standard InChI is InChI=1S/C25H36N2O4S.C13H20O3.C12H18N2O2S/c1-17-2-4-22(5-3-17)32(30,31)27-8-6-21(7-9-27)26-24(29)23(28)16-25-13-18-10-19(14-25)12-20(11-18)15-25;14-11(12(15)16)7-13-4-8-1-9(5-13)3-10(2-8)6-13;1-10-2-4-12(5-3-10)17(15,16)14-8-6-11(13)7-9-14/h2-5,18-21,23,28H,6-16H2,1H3,(H,26,29);8-11,14H,1-7H2,(H,15,16);2-5,11H,6-9,13H2,1H3. The lowest BCUT2D eigenvalue weighted by atomic mass is 9.48. The number of carboxylic acids is 1. The lowest BCUT2D eigenvalue weighted by molar-refractivity contribution is -0.152. The van der Waals surface area contributed by atoms with Crippen molar-refractivity contribution >= 4 is 31.9 Å². The van der Waals surface area contributed by atoms with Gasteiger partial charge in [-0.25, -0.2) is 21.6 Å². The molecule has 2 unspecified atom stereocenters. The summed E-state index contributed by atoms with van der Waals surface area (Å²) in [5.41, 5.74) is 8.20. The van der Waals surface area contributed by atoms with Gasteiger partial charge >= 0.3 is 5.97 Å². The van der Waals surface area contributed by atoms with Crippen LogP contribution in [0.1, 0.15) is 127 Å². The van der Waals surface area contributed by atoms with Gasteiger partial charge in [0.05, 0.1) is 9.79 Å². The Kier molecular flexibility index (Phi) is 14.6. The van der Waals surface area contributed by atoms with Gasteiger partial charge < -0.3 is 26.4 Å². The number of aryl methyl sites for hydroxylation is 2. The minimum Gasteiger partial charge on any atom is -0.479 e. The van der Waals surface area contributed by atoms with Crippen molar-refractivity contribution < 1.29 is 41.7 Å². The molecule has 10 fully saturated rings. The summed E-state index contributed by atoms with van der Waals surface area (Å²) in [7, 11) is -6.83. The highest BCUT2D eigenvalue weighted by Crippen LogP contribution is 2.62. The van der Waals surface area contributed by atoms with Gasteiger partial charge in [0, 0.05) is 38.3 Å². The summed E-state index contributed by atoms with van der Waals surface area (Å²) in [6, 6.07) is 14.0. The van der Waals surface area contributed by atoms with E-state index in [1.165, 1.54) is 85.7 Å². The Morgan fingerprint density at radius 3 is 1.26 bits per heavy atom. The third-order valence-corrected chi connectivity index (χ3v) is 20.6. The molecular weight excluding hydrogens is 865 g/mol. The number of piperidine rings is 2. The number of nitrogens with zero attached hydrogens (tertiary/aromatic N) is 2. The van der Waals surface area contributed by atoms with Crippen LogP contribution in [-0.4, -0.2) is 103 Å². The normalized spacial score (nSPS) is 33.3. The molecule has 2 saturated heterocycles. The molecule has 2 aromatic carbocycles. The van der Waals surface area contributed by atoms with Crippen molar-refractivity contribution in [1.29, 1.82) is 0 Å². The highest BCUT2D eigenvalue weighted by molar-refractivity contribution is 7.89. The van der Waals surface area contributed by atoms with Crippen LogP contribution in [-0.2, 0) is 29.6 Å². The minimum atomic E-state index is -3.51. The molecule has 12 rings (SSSR count). The van der Waals surface area contributed by atoms with Crippen LogP contribution in [0.5, 0.6) is 0 Å². The quantitative estimate of drug-likeness (QED) is 0.168. The minimum absolute atomic E-state index is 0.0852. The zero-order valence-electron chi connectivity index (χ0n) is 38.5. The average Bonchev–Trinajstić information content (AvgIpc) is 3.23. The fraction of sp³-hybridized carbons (Fsp3) is 0.720. The van der Waals surface area contributed by atoms with E-state index in [1.807, 2.05) is 38.1 Å². The van der Waals surface area contributed by atoms with Crippen molar-refractivity contribution in [3.8, 4) is 0 Å². The van der Waals surface area contributed by atoms with Crippen molar-refractivity contribution in [2.75, 3.05) is 26.2 Å². The first-order chi connectivity index (χ1) is 30.8. The molecule has 0 aromatic heterocycles. The van der Waals surface area contributed by atoms with Crippen LogP contribution in [0.2, 0.25) is 0 Å². The SMILES string of the molecule is Cc1ccc(S(=O)(=O)N2CCC(N)CC2)cc1.Cc1ccc(S(=O)(=O)N2CCC(NC(=O)C(O)CC34CC5CC(CC(C5)C3)C4)CC2)cc1.O=C(O)C(O)CC12CC3CC(CC(C3)C1)C2. The number of benzene rings is 2. The number of carbonyl (C=O) groups excluding carboxylic acids is 1. The van der Waals surface area contributed by atoms with Gasteiger partial charge in [0.25, 0.3) is 0 Å². The van der Waals surface area contributed by atoms with Crippen LogP contribution in [0.3, 0.4) is 0 Å². The molecule has 2 aliphatic heterocycles. The third-order valence-electron chi connectivity index (χ3n) is 16.8. The molecule has 0 spiro atoms. The molecule has 10 aliphatic rings. The van der Waals surface area contributed by atoms with Gasteiger partial charge in [-0.05, 0) is 200 Å². The third kappa shape index (κ3) is 11.3. The van der Waals surface area contributed by atoms with Gasteiger partial charge in [0.2, 0.25) is 26.0 Å². The zero-order chi connectivity index (χ0) is 46.3. The van der Waals surface area contributed by atoms with E-state index in [2.05, 4.69) is 5.32 Å². The van der Waals surface area contributed by atoms with Gasteiger partial charge in [-0.15, -0.1) is 0 Å². The molecule has 8 saturated carbocycles. The van der Waals surface area contributed by atoms with Crippen molar-refractivity contribution in [3.63, 3.8) is 0 Å². The Morgan fingerprint density at radius 1 is 0.600 bits per heavy atom. The largest absolute Gasteiger partial charge is 0.479 e. The lowest BCUT2D eigenvalue weighted by Crippen LogP contribution is -2.51. The first kappa shape index (κ1) is 48.5.